The second-order valence-corrected chi connectivity index (χ2v) is 7.64. The lowest BCUT2D eigenvalue weighted by Crippen LogP contribution is -2.17. The monoisotopic (exact) mass is 450 g/mol. The molecular formula is C24H22N2O5S. The van der Waals surface area contributed by atoms with Gasteiger partial charge >= 0.3 is 5.97 Å². The van der Waals surface area contributed by atoms with Gasteiger partial charge in [0.15, 0.2) is 0 Å². The van der Waals surface area contributed by atoms with Crippen molar-refractivity contribution in [3.63, 3.8) is 0 Å². The van der Waals surface area contributed by atoms with E-state index in [1.807, 2.05) is 6.07 Å². The molecular weight excluding hydrogens is 428 g/mol. The van der Waals surface area contributed by atoms with Crippen molar-refractivity contribution in [1.29, 1.82) is 0 Å². The molecule has 2 amide bonds. The Bertz CT molecular complexity index is 1130. The van der Waals surface area contributed by atoms with Gasteiger partial charge in [-0.15, -0.1) is 11.8 Å². The maximum atomic E-state index is 12.5. The normalized spacial score (nSPS) is 10.2. The zero-order valence-electron chi connectivity index (χ0n) is 17.6. The Labute approximate surface area is 190 Å². The summed E-state index contributed by atoms with van der Waals surface area (Å²) < 4.78 is 9.89. The minimum atomic E-state index is -0.520. The third-order valence-corrected chi connectivity index (χ3v) is 5.39. The van der Waals surface area contributed by atoms with E-state index in [0.717, 1.165) is 4.90 Å². The van der Waals surface area contributed by atoms with E-state index in [4.69, 9.17) is 9.47 Å². The summed E-state index contributed by atoms with van der Waals surface area (Å²) in [5.41, 5.74) is 1.77. The van der Waals surface area contributed by atoms with Crippen LogP contribution in [0.3, 0.4) is 0 Å². The Morgan fingerprint density at radius 2 is 1.66 bits per heavy atom. The number of hydrogen-bond donors (Lipinski definition) is 2. The average molecular weight is 451 g/mol. The van der Waals surface area contributed by atoms with Crippen LogP contribution in [-0.4, -0.2) is 37.8 Å². The molecule has 0 aromatic heterocycles. The van der Waals surface area contributed by atoms with Crippen molar-refractivity contribution in [1.82, 2.24) is 0 Å². The van der Waals surface area contributed by atoms with Gasteiger partial charge in [0.2, 0.25) is 5.91 Å². The van der Waals surface area contributed by atoms with Crippen LogP contribution in [0.5, 0.6) is 5.75 Å². The van der Waals surface area contributed by atoms with Gasteiger partial charge in [-0.3, -0.25) is 9.59 Å². The molecule has 8 heteroatoms. The molecule has 32 heavy (non-hydrogen) atoms. The third-order valence-electron chi connectivity index (χ3n) is 4.40. The quantitative estimate of drug-likeness (QED) is 0.389. The molecule has 0 aliphatic heterocycles. The Balaban J connectivity index is 1.60. The number of benzene rings is 3. The summed E-state index contributed by atoms with van der Waals surface area (Å²) in [7, 11) is 2.83. The standard InChI is InChI=1S/C24H22N2O5S/c1-30-18-9-5-7-16(13-18)23(28)25-17-8-6-10-19(14-17)32-15-22(27)26-21-12-4-3-11-20(21)24(29)31-2/h3-14H,15H2,1-2H3,(H,25,28)(H,26,27). The first-order valence-electron chi connectivity index (χ1n) is 9.65. The molecule has 0 spiro atoms. The van der Waals surface area contributed by atoms with Crippen LogP contribution in [-0.2, 0) is 9.53 Å². The van der Waals surface area contributed by atoms with E-state index in [0.29, 0.717) is 22.7 Å². The Morgan fingerprint density at radius 3 is 2.44 bits per heavy atom. The molecule has 7 nitrogen and oxygen atoms in total. The molecule has 0 radical (unpaired) electrons. The summed E-state index contributed by atoms with van der Waals surface area (Å²) in [6.07, 6.45) is 0. The second kappa shape index (κ2) is 11.0. The second-order valence-electron chi connectivity index (χ2n) is 6.59. The van der Waals surface area contributed by atoms with Crippen molar-refractivity contribution in [3.05, 3.63) is 83.9 Å². The van der Waals surface area contributed by atoms with Crippen LogP contribution in [0.15, 0.2) is 77.7 Å². The molecule has 0 unspecified atom stereocenters. The first-order valence-corrected chi connectivity index (χ1v) is 10.6. The first-order chi connectivity index (χ1) is 15.5. The van der Waals surface area contributed by atoms with Gasteiger partial charge in [0.25, 0.3) is 5.91 Å². The zero-order valence-corrected chi connectivity index (χ0v) is 18.4. The van der Waals surface area contributed by atoms with Crippen LogP contribution < -0.4 is 15.4 Å². The van der Waals surface area contributed by atoms with Crippen molar-refractivity contribution in [3.8, 4) is 5.75 Å². The fourth-order valence-electron chi connectivity index (χ4n) is 2.85. The Kier molecular flexibility index (Phi) is 7.88. The Hall–Kier alpha value is -3.78. The summed E-state index contributed by atoms with van der Waals surface area (Å²) >= 11 is 1.31. The molecule has 0 aliphatic carbocycles. The van der Waals surface area contributed by atoms with Crippen LogP contribution in [0.2, 0.25) is 0 Å². The number of nitrogens with one attached hydrogen (secondary N) is 2. The number of anilines is 2. The highest BCUT2D eigenvalue weighted by Crippen LogP contribution is 2.23. The third kappa shape index (κ3) is 6.12. The lowest BCUT2D eigenvalue weighted by atomic mass is 10.2. The maximum absolute atomic E-state index is 12.5. The van der Waals surface area contributed by atoms with E-state index in [1.165, 1.54) is 18.9 Å². The van der Waals surface area contributed by atoms with E-state index in [9.17, 15) is 14.4 Å². The van der Waals surface area contributed by atoms with Gasteiger partial charge in [-0.2, -0.15) is 0 Å². The number of rotatable bonds is 8. The number of thioether (sulfide) groups is 1. The summed E-state index contributed by atoms with van der Waals surface area (Å²) in [6.45, 7) is 0. The molecule has 0 bridgehead atoms. The summed E-state index contributed by atoms with van der Waals surface area (Å²) in [4.78, 5) is 37.5. The number of amides is 2. The number of carbonyl (C=O) groups is 3. The average Bonchev–Trinajstić information content (AvgIpc) is 2.83. The molecule has 3 aromatic rings. The minimum absolute atomic E-state index is 0.128. The van der Waals surface area contributed by atoms with Crippen LogP contribution in [0.4, 0.5) is 11.4 Å². The van der Waals surface area contributed by atoms with Gasteiger partial charge in [0.05, 0.1) is 31.2 Å². The highest BCUT2D eigenvalue weighted by Gasteiger charge is 2.14. The molecule has 0 aliphatic rings. The molecule has 3 rings (SSSR count). The smallest absolute Gasteiger partial charge is 0.339 e. The van der Waals surface area contributed by atoms with Crippen LogP contribution in [0.1, 0.15) is 20.7 Å². The molecule has 0 saturated heterocycles. The maximum Gasteiger partial charge on any atom is 0.339 e. The largest absolute Gasteiger partial charge is 0.497 e. The number of carbonyl (C=O) groups excluding carboxylic acids is 3. The minimum Gasteiger partial charge on any atom is -0.497 e. The first kappa shape index (κ1) is 22.9. The van der Waals surface area contributed by atoms with Crippen molar-refractivity contribution < 1.29 is 23.9 Å². The molecule has 0 atom stereocenters. The number of esters is 1. The fourth-order valence-corrected chi connectivity index (χ4v) is 3.60. The highest BCUT2D eigenvalue weighted by atomic mass is 32.2. The van der Waals surface area contributed by atoms with Gasteiger partial charge in [0.1, 0.15) is 5.75 Å². The van der Waals surface area contributed by atoms with Gasteiger partial charge in [-0.1, -0.05) is 24.3 Å². The zero-order chi connectivity index (χ0) is 22.9. The lowest BCUT2D eigenvalue weighted by molar-refractivity contribution is -0.113. The van der Waals surface area contributed by atoms with E-state index < -0.39 is 5.97 Å². The molecule has 0 fully saturated rings. The lowest BCUT2D eigenvalue weighted by Gasteiger charge is -2.10. The molecule has 0 heterocycles. The highest BCUT2D eigenvalue weighted by molar-refractivity contribution is 8.00. The molecule has 2 N–H and O–H groups in total. The van der Waals surface area contributed by atoms with E-state index in [1.54, 1.807) is 73.8 Å². The molecule has 164 valence electrons. The van der Waals surface area contributed by atoms with Crippen molar-refractivity contribution in [2.24, 2.45) is 0 Å². The van der Waals surface area contributed by atoms with Crippen molar-refractivity contribution in [2.45, 2.75) is 4.90 Å². The van der Waals surface area contributed by atoms with Crippen molar-refractivity contribution in [2.75, 3.05) is 30.6 Å². The molecule has 3 aromatic carbocycles. The summed E-state index contributed by atoms with van der Waals surface area (Å²) in [5.74, 6) is -0.321. The Morgan fingerprint density at radius 1 is 0.875 bits per heavy atom. The topological polar surface area (TPSA) is 93.7 Å². The fraction of sp³-hybridized carbons (Fsp3) is 0.125. The van der Waals surface area contributed by atoms with Gasteiger partial charge in [-0.25, -0.2) is 4.79 Å². The SMILES string of the molecule is COC(=O)c1ccccc1NC(=O)CSc1cccc(NC(=O)c2cccc(OC)c2)c1. The number of para-hydroxylation sites is 1. The van der Waals surface area contributed by atoms with Gasteiger partial charge in [0, 0.05) is 16.1 Å². The van der Waals surface area contributed by atoms with Crippen LogP contribution in [0.25, 0.3) is 0 Å². The van der Waals surface area contributed by atoms with E-state index in [-0.39, 0.29) is 23.1 Å². The van der Waals surface area contributed by atoms with E-state index >= 15 is 0 Å². The van der Waals surface area contributed by atoms with E-state index in [2.05, 4.69) is 10.6 Å². The van der Waals surface area contributed by atoms with Gasteiger partial charge in [-0.05, 0) is 48.5 Å². The van der Waals surface area contributed by atoms with Crippen LogP contribution >= 0.6 is 11.8 Å². The predicted molar refractivity (Wildman–Crippen MR) is 125 cm³/mol. The van der Waals surface area contributed by atoms with Crippen LogP contribution in [0, 0.1) is 0 Å². The molecule has 0 saturated carbocycles. The summed E-state index contributed by atoms with van der Waals surface area (Å²) in [6, 6.07) is 20.7. The number of hydrogen-bond acceptors (Lipinski definition) is 6. The van der Waals surface area contributed by atoms with Crippen molar-refractivity contribution >= 4 is 40.9 Å². The number of methoxy groups -OCH3 is 2. The van der Waals surface area contributed by atoms with Gasteiger partial charge < -0.3 is 20.1 Å². The predicted octanol–water partition coefficient (Wildman–Crippen LogP) is 4.46. The summed E-state index contributed by atoms with van der Waals surface area (Å²) in [5, 5.41) is 5.58. The number of ether oxygens (including phenoxy) is 2.